The van der Waals surface area contributed by atoms with Crippen LogP contribution in [0.3, 0.4) is 0 Å². The molecule has 0 aromatic heterocycles. The molecule has 2 aliphatic rings. The van der Waals surface area contributed by atoms with Gasteiger partial charge in [0.25, 0.3) is 0 Å². The lowest BCUT2D eigenvalue weighted by Crippen LogP contribution is -2.32. The van der Waals surface area contributed by atoms with Crippen LogP contribution in [0.5, 0.6) is 40.2 Å². The Bertz CT molecular complexity index is 1670. The van der Waals surface area contributed by atoms with Gasteiger partial charge < -0.3 is 28.4 Å². The second-order valence-corrected chi connectivity index (χ2v) is 12.2. The van der Waals surface area contributed by atoms with Crippen molar-refractivity contribution in [3.8, 4) is 40.2 Å². The first-order valence-corrected chi connectivity index (χ1v) is 16.4. The molecular formula is C39H46N2O6. The Morgan fingerprint density at radius 3 is 1.40 bits per heavy atom. The van der Waals surface area contributed by atoms with E-state index in [0.29, 0.717) is 0 Å². The van der Waals surface area contributed by atoms with Crippen LogP contribution in [0.2, 0.25) is 0 Å². The predicted molar refractivity (Wildman–Crippen MR) is 184 cm³/mol. The molecule has 8 heteroatoms. The molecule has 4 aromatic rings. The zero-order valence-corrected chi connectivity index (χ0v) is 28.3. The second-order valence-electron chi connectivity index (χ2n) is 12.2. The Balaban J connectivity index is 1.03. The SMILES string of the molecule is COc1cc2c(cc1OC)CN(CCc1ccc(Oc3cc(CCN4CCc5cc(OC)c(OC)cc5C4)ccc3OC)cc1)CC2. The lowest BCUT2D eigenvalue weighted by molar-refractivity contribution is 0.255. The molecule has 0 aliphatic carbocycles. The molecule has 0 spiro atoms. The summed E-state index contributed by atoms with van der Waals surface area (Å²) in [6.45, 7) is 5.82. The summed E-state index contributed by atoms with van der Waals surface area (Å²) >= 11 is 0. The second kappa shape index (κ2) is 15.0. The van der Waals surface area contributed by atoms with Crippen LogP contribution in [0.4, 0.5) is 0 Å². The van der Waals surface area contributed by atoms with Crippen molar-refractivity contribution in [1.82, 2.24) is 9.80 Å². The summed E-state index contributed by atoms with van der Waals surface area (Å²) in [6, 6.07) is 23.2. The number of methoxy groups -OCH3 is 5. The fraction of sp³-hybridized carbons (Fsp3) is 0.385. The third kappa shape index (κ3) is 7.61. The van der Waals surface area contributed by atoms with Gasteiger partial charge in [-0.05, 0) is 108 Å². The number of nitrogens with zero attached hydrogens (tertiary/aromatic N) is 2. The summed E-state index contributed by atoms with van der Waals surface area (Å²) < 4.78 is 34.1. The average molecular weight is 639 g/mol. The number of fused-ring (bicyclic) bond motifs is 2. The van der Waals surface area contributed by atoms with E-state index in [-0.39, 0.29) is 0 Å². The first-order valence-electron chi connectivity index (χ1n) is 16.4. The third-order valence-corrected chi connectivity index (χ3v) is 9.41. The minimum Gasteiger partial charge on any atom is -0.493 e. The van der Waals surface area contributed by atoms with Gasteiger partial charge in [0.05, 0.1) is 35.5 Å². The van der Waals surface area contributed by atoms with Crippen LogP contribution in [-0.4, -0.2) is 71.5 Å². The molecule has 0 amide bonds. The van der Waals surface area contributed by atoms with E-state index in [1.165, 1.54) is 33.4 Å². The van der Waals surface area contributed by atoms with Gasteiger partial charge in [0.2, 0.25) is 0 Å². The minimum atomic E-state index is 0.727. The van der Waals surface area contributed by atoms with E-state index in [0.717, 1.165) is 105 Å². The maximum Gasteiger partial charge on any atom is 0.169 e. The maximum atomic E-state index is 6.36. The molecule has 0 atom stereocenters. The van der Waals surface area contributed by atoms with Crippen molar-refractivity contribution in [2.24, 2.45) is 0 Å². The largest absolute Gasteiger partial charge is 0.493 e. The molecule has 2 heterocycles. The molecule has 0 saturated carbocycles. The molecule has 47 heavy (non-hydrogen) atoms. The molecule has 8 nitrogen and oxygen atoms in total. The molecule has 0 bridgehead atoms. The summed E-state index contributed by atoms with van der Waals surface area (Å²) in [6.07, 6.45) is 3.91. The van der Waals surface area contributed by atoms with Crippen molar-refractivity contribution in [2.75, 3.05) is 61.7 Å². The Morgan fingerprint density at radius 1 is 0.468 bits per heavy atom. The van der Waals surface area contributed by atoms with Crippen molar-refractivity contribution >= 4 is 0 Å². The zero-order chi connectivity index (χ0) is 32.8. The van der Waals surface area contributed by atoms with Gasteiger partial charge in [0.1, 0.15) is 5.75 Å². The van der Waals surface area contributed by atoms with Gasteiger partial charge in [-0.3, -0.25) is 9.80 Å². The van der Waals surface area contributed by atoms with Crippen molar-refractivity contribution in [1.29, 1.82) is 0 Å². The number of ether oxygens (including phenoxy) is 6. The van der Waals surface area contributed by atoms with Crippen LogP contribution in [-0.2, 0) is 38.8 Å². The van der Waals surface area contributed by atoms with Crippen LogP contribution in [0.15, 0.2) is 66.7 Å². The standard InChI is InChI=1S/C39H46N2O6/c1-42-34-11-8-28(13-17-41-19-15-30-22-36(44-3)38(46-5)24-32(30)26-41)20-39(34)47-33-9-6-27(7-10-33)12-16-40-18-14-29-21-35(43-2)37(45-4)23-31(29)25-40/h6-11,20-24H,12-19,25-26H2,1-5H3. The summed E-state index contributed by atoms with van der Waals surface area (Å²) in [5.74, 6) is 5.44. The third-order valence-electron chi connectivity index (χ3n) is 9.41. The van der Waals surface area contributed by atoms with Gasteiger partial charge >= 0.3 is 0 Å². The zero-order valence-electron chi connectivity index (χ0n) is 28.3. The molecule has 248 valence electrons. The summed E-state index contributed by atoms with van der Waals surface area (Å²) in [5, 5.41) is 0. The fourth-order valence-corrected chi connectivity index (χ4v) is 6.65. The molecule has 0 radical (unpaired) electrons. The molecular weight excluding hydrogens is 592 g/mol. The Kier molecular flexibility index (Phi) is 10.4. The summed E-state index contributed by atoms with van der Waals surface area (Å²) in [4.78, 5) is 5.00. The minimum absolute atomic E-state index is 0.727. The quantitative estimate of drug-likeness (QED) is 0.160. The van der Waals surface area contributed by atoms with Crippen LogP contribution in [0.25, 0.3) is 0 Å². The molecule has 0 N–H and O–H groups in total. The first kappa shape index (κ1) is 32.5. The van der Waals surface area contributed by atoms with Crippen molar-refractivity contribution in [3.63, 3.8) is 0 Å². The van der Waals surface area contributed by atoms with Crippen LogP contribution >= 0.6 is 0 Å². The number of hydrogen-bond acceptors (Lipinski definition) is 8. The molecule has 0 saturated heterocycles. The van der Waals surface area contributed by atoms with E-state index in [1.807, 2.05) is 6.07 Å². The maximum absolute atomic E-state index is 6.36. The van der Waals surface area contributed by atoms with E-state index in [9.17, 15) is 0 Å². The van der Waals surface area contributed by atoms with Gasteiger partial charge in [-0.2, -0.15) is 0 Å². The van der Waals surface area contributed by atoms with Gasteiger partial charge in [-0.25, -0.2) is 0 Å². The molecule has 2 aliphatic heterocycles. The van der Waals surface area contributed by atoms with Gasteiger partial charge in [-0.15, -0.1) is 0 Å². The van der Waals surface area contributed by atoms with Crippen LogP contribution < -0.4 is 28.4 Å². The normalized spacial score (nSPS) is 14.6. The predicted octanol–water partition coefficient (Wildman–Crippen LogP) is 6.72. The highest BCUT2D eigenvalue weighted by molar-refractivity contribution is 5.50. The molecule has 0 fully saturated rings. The van der Waals surface area contributed by atoms with E-state index in [4.69, 9.17) is 28.4 Å². The van der Waals surface area contributed by atoms with E-state index in [1.54, 1.807) is 35.5 Å². The fourth-order valence-electron chi connectivity index (χ4n) is 6.65. The van der Waals surface area contributed by atoms with Crippen LogP contribution in [0, 0.1) is 0 Å². The Labute approximate surface area is 278 Å². The van der Waals surface area contributed by atoms with Crippen molar-refractivity contribution < 1.29 is 28.4 Å². The Morgan fingerprint density at radius 2 is 0.915 bits per heavy atom. The molecule has 0 unspecified atom stereocenters. The lowest BCUT2D eigenvalue weighted by Gasteiger charge is -2.29. The highest BCUT2D eigenvalue weighted by Gasteiger charge is 2.21. The van der Waals surface area contributed by atoms with Gasteiger partial charge in [0.15, 0.2) is 34.5 Å². The highest BCUT2D eigenvalue weighted by atomic mass is 16.5. The van der Waals surface area contributed by atoms with E-state index < -0.39 is 0 Å². The highest BCUT2D eigenvalue weighted by Crippen LogP contribution is 2.36. The number of benzene rings is 4. The van der Waals surface area contributed by atoms with Crippen molar-refractivity contribution in [2.45, 2.75) is 38.8 Å². The molecule has 6 rings (SSSR count). The lowest BCUT2D eigenvalue weighted by atomic mass is 9.98. The van der Waals surface area contributed by atoms with Gasteiger partial charge in [0, 0.05) is 39.3 Å². The van der Waals surface area contributed by atoms with E-state index >= 15 is 0 Å². The van der Waals surface area contributed by atoms with E-state index in [2.05, 4.69) is 70.5 Å². The number of rotatable bonds is 13. The summed E-state index contributed by atoms with van der Waals surface area (Å²) in [5.41, 5.74) is 7.81. The first-order chi connectivity index (χ1) is 23.0. The Hall–Kier alpha value is -4.40. The summed E-state index contributed by atoms with van der Waals surface area (Å²) in [7, 11) is 8.45. The molecule has 4 aromatic carbocycles. The number of hydrogen-bond donors (Lipinski definition) is 0. The smallest absolute Gasteiger partial charge is 0.169 e. The van der Waals surface area contributed by atoms with Crippen LogP contribution in [0.1, 0.15) is 33.4 Å². The average Bonchev–Trinajstić information content (AvgIpc) is 3.12. The topological polar surface area (TPSA) is 61.9 Å². The van der Waals surface area contributed by atoms with Gasteiger partial charge in [-0.1, -0.05) is 18.2 Å². The monoisotopic (exact) mass is 638 g/mol. The van der Waals surface area contributed by atoms with Crippen molar-refractivity contribution in [3.05, 3.63) is 100 Å².